The van der Waals surface area contributed by atoms with E-state index in [1.807, 2.05) is 6.07 Å². The lowest BCUT2D eigenvalue weighted by molar-refractivity contribution is 0.415. The Balaban J connectivity index is 2.43. The number of pyridine rings is 1. The first-order valence-corrected chi connectivity index (χ1v) is 7.13. The summed E-state index contributed by atoms with van der Waals surface area (Å²) < 4.78 is 19.8. The zero-order valence-electron chi connectivity index (χ0n) is 10.9. The summed E-state index contributed by atoms with van der Waals surface area (Å²) in [6.07, 6.45) is 1.48. The zero-order chi connectivity index (χ0) is 15.0. The van der Waals surface area contributed by atoms with Crippen LogP contribution in [0.4, 0.5) is 4.39 Å². The third-order valence-corrected chi connectivity index (χ3v) is 3.76. The molecule has 0 fully saturated rings. The van der Waals surface area contributed by atoms with Crippen LogP contribution in [-0.4, -0.2) is 17.1 Å². The molecule has 2 heterocycles. The number of halogens is 2. The summed E-state index contributed by atoms with van der Waals surface area (Å²) in [5.74, 6) is 0.126. The summed E-state index contributed by atoms with van der Waals surface area (Å²) in [5, 5.41) is 10.1. The first-order chi connectivity index (χ1) is 10.1. The summed E-state index contributed by atoms with van der Waals surface area (Å²) >= 11 is 2.13. The van der Waals surface area contributed by atoms with Crippen LogP contribution in [0.25, 0.3) is 22.2 Å². The number of nitrogens with one attached hydrogen (secondary N) is 1. The molecule has 6 heteroatoms. The predicted molar refractivity (Wildman–Crippen MR) is 85.5 cm³/mol. The number of hydrogen-bond acceptors (Lipinski definition) is 3. The highest BCUT2D eigenvalue weighted by molar-refractivity contribution is 14.1. The van der Waals surface area contributed by atoms with Crippen molar-refractivity contribution in [2.45, 2.75) is 0 Å². The number of aromatic nitrogens is 2. The molecule has 3 rings (SSSR count). The van der Waals surface area contributed by atoms with Crippen molar-refractivity contribution in [1.82, 2.24) is 9.97 Å². The molecule has 2 aromatic heterocycles. The van der Waals surface area contributed by atoms with Crippen LogP contribution in [0.3, 0.4) is 0 Å². The van der Waals surface area contributed by atoms with E-state index < -0.39 is 0 Å². The molecule has 104 valence electrons. The van der Waals surface area contributed by atoms with E-state index >= 15 is 0 Å². The standard InChI is InChI=1S/C15H9FIN3O/c1-21-12-3-2-9(16)4-10(12)14-8(6-18)7-19-15-11(14)5-13(17)20-15/h2-5,7H,1H3,(H,19,20). The van der Waals surface area contributed by atoms with Gasteiger partial charge in [-0.3, -0.25) is 0 Å². The second-order valence-electron chi connectivity index (χ2n) is 4.38. The lowest BCUT2D eigenvalue weighted by Gasteiger charge is -2.11. The number of rotatable bonds is 2. The maximum atomic E-state index is 13.6. The Labute approximate surface area is 133 Å². The number of fused-ring (bicyclic) bond motifs is 1. The van der Waals surface area contributed by atoms with Crippen LogP contribution in [0.5, 0.6) is 5.75 Å². The third-order valence-electron chi connectivity index (χ3n) is 3.18. The summed E-state index contributed by atoms with van der Waals surface area (Å²) in [4.78, 5) is 7.32. The van der Waals surface area contributed by atoms with Gasteiger partial charge in [0.05, 0.1) is 16.4 Å². The van der Waals surface area contributed by atoms with Gasteiger partial charge in [-0.25, -0.2) is 9.37 Å². The lowest BCUT2D eigenvalue weighted by Crippen LogP contribution is -1.93. The first-order valence-electron chi connectivity index (χ1n) is 6.05. The van der Waals surface area contributed by atoms with Crippen LogP contribution >= 0.6 is 22.6 Å². The fourth-order valence-corrected chi connectivity index (χ4v) is 2.86. The molecule has 1 N–H and O–H groups in total. The third kappa shape index (κ3) is 2.34. The molecule has 0 saturated heterocycles. The van der Waals surface area contributed by atoms with E-state index in [2.05, 4.69) is 38.6 Å². The van der Waals surface area contributed by atoms with Gasteiger partial charge in [0, 0.05) is 22.7 Å². The Morgan fingerprint density at radius 3 is 2.90 bits per heavy atom. The number of benzene rings is 1. The van der Waals surface area contributed by atoms with Gasteiger partial charge in [0.25, 0.3) is 0 Å². The Bertz CT molecular complexity index is 882. The summed E-state index contributed by atoms with van der Waals surface area (Å²) in [6.45, 7) is 0. The van der Waals surface area contributed by atoms with Gasteiger partial charge in [0.2, 0.25) is 0 Å². The first kappa shape index (κ1) is 13.8. The molecule has 0 aliphatic heterocycles. The van der Waals surface area contributed by atoms with E-state index in [4.69, 9.17) is 4.74 Å². The Hall–Kier alpha value is -2.14. The molecule has 0 atom stereocenters. The number of nitriles is 1. The van der Waals surface area contributed by atoms with Crippen LogP contribution in [0, 0.1) is 20.8 Å². The number of ether oxygens (including phenoxy) is 1. The summed E-state index contributed by atoms with van der Waals surface area (Å²) in [5.41, 5.74) is 2.19. The van der Waals surface area contributed by atoms with Crippen molar-refractivity contribution in [2.24, 2.45) is 0 Å². The maximum Gasteiger partial charge on any atom is 0.138 e. The molecule has 0 aliphatic carbocycles. The SMILES string of the molecule is COc1ccc(F)cc1-c1c(C#N)cnc2[nH]c(I)cc12. The van der Waals surface area contributed by atoms with Crippen molar-refractivity contribution in [3.8, 4) is 22.9 Å². The van der Waals surface area contributed by atoms with E-state index in [-0.39, 0.29) is 5.82 Å². The fraction of sp³-hybridized carbons (Fsp3) is 0.0667. The molecule has 0 amide bonds. The number of nitrogens with zero attached hydrogens (tertiary/aromatic N) is 2. The Kier molecular flexibility index (Phi) is 3.51. The fourth-order valence-electron chi connectivity index (χ4n) is 2.29. The number of aromatic amines is 1. The molecule has 0 radical (unpaired) electrons. The van der Waals surface area contributed by atoms with Gasteiger partial charge in [0.1, 0.15) is 23.3 Å². The van der Waals surface area contributed by atoms with Crippen molar-refractivity contribution in [3.63, 3.8) is 0 Å². The average Bonchev–Trinajstić information content (AvgIpc) is 2.86. The quantitative estimate of drug-likeness (QED) is 0.673. The number of hydrogen-bond donors (Lipinski definition) is 1. The van der Waals surface area contributed by atoms with Crippen molar-refractivity contribution in [2.75, 3.05) is 7.11 Å². The van der Waals surface area contributed by atoms with Crippen LogP contribution in [0.15, 0.2) is 30.5 Å². The highest BCUT2D eigenvalue weighted by Crippen LogP contribution is 2.37. The van der Waals surface area contributed by atoms with E-state index in [1.54, 1.807) is 6.07 Å². The molecular weight excluding hydrogens is 384 g/mol. The molecule has 1 aromatic carbocycles. The molecule has 3 aromatic rings. The second-order valence-corrected chi connectivity index (χ2v) is 5.55. The minimum absolute atomic E-state index is 0.377. The van der Waals surface area contributed by atoms with Crippen LogP contribution in [0.2, 0.25) is 0 Å². The highest BCUT2D eigenvalue weighted by Gasteiger charge is 2.17. The van der Waals surface area contributed by atoms with Crippen LogP contribution in [0.1, 0.15) is 5.56 Å². The van der Waals surface area contributed by atoms with Crippen molar-refractivity contribution in [3.05, 3.63) is 45.5 Å². The van der Waals surface area contributed by atoms with E-state index in [0.717, 1.165) is 9.09 Å². The Morgan fingerprint density at radius 2 is 2.19 bits per heavy atom. The second kappa shape index (κ2) is 5.33. The maximum absolute atomic E-state index is 13.6. The minimum atomic E-state index is -0.384. The monoisotopic (exact) mass is 393 g/mol. The smallest absolute Gasteiger partial charge is 0.138 e. The Morgan fingerprint density at radius 1 is 1.38 bits per heavy atom. The lowest BCUT2D eigenvalue weighted by atomic mass is 9.98. The molecule has 0 saturated carbocycles. The zero-order valence-corrected chi connectivity index (χ0v) is 13.1. The minimum Gasteiger partial charge on any atom is -0.496 e. The average molecular weight is 393 g/mol. The highest BCUT2D eigenvalue weighted by atomic mass is 127. The molecule has 0 unspecified atom stereocenters. The van der Waals surface area contributed by atoms with E-state index in [1.165, 1.54) is 25.4 Å². The predicted octanol–water partition coefficient (Wildman–Crippen LogP) is 3.85. The molecular formula is C15H9FIN3O. The molecule has 0 bridgehead atoms. The van der Waals surface area contributed by atoms with Gasteiger partial charge >= 0.3 is 0 Å². The summed E-state index contributed by atoms with van der Waals surface area (Å²) in [7, 11) is 1.52. The van der Waals surface area contributed by atoms with Crippen LogP contribution < -0.4 is 4.74 Å². The molecule has 0 spiro atoms. The molecule has 21 heavy (non-hydrogen) atoms. The van der Waals surface area contributed by atoms with Crippen molar-refractivity contribution < 1.29 is 9.13 Å². The summed E-state index contributed by atoms with van der Waals surface area (Å²) in [6, 6.07) is 8.24. The molecule has 0 aliphatic rings. The van der Waals surface area contributed by atoms with Gasteiger partial charge in [0.15, 0.2) is 0 Å². The molecule has 4 nitrogen and oxygen atoms in total. The van der Waals surface area contributed by atoms with Crippen molar-refractivity contribution >= 4 is 33.6 Å². The van der Waals surface area contributed by atoms with Crippen LogP contribution in [-0.2, 0) is 0 Å². The largest absolute Gasteiger partial charge is 0.496 e. The van der Waals surface area contributed by atoms with E-state index in [9.17, 15) is 9.65 Å². The number of methoxy groups -OCH3 is 1. The van der Waals surface area contributed by atoms with Gasteiger partial charge in [-0.05, 0) is 46.9 Å². The van der Waals surface area contributed by atoms with E-state index in [0.29, 0.717) is 28.1 Å². The number of H-pyrrole nitrogens is 1. The van der Waals surface area contributed by atoms with Gasteiger partial charge < -0.3 is 9.72 Å². The van der Waals surface area contributed by atoms with Crippen molar-refractivity contribution in [1.29, 1.82) is 5.26 Å². The topological polar surface area (TPSA) is 61.7 Å². The van der Waals surface area contributed by atoms with Gasteiger partial charge in [-0.1, -0.05) is 0 Å². The normalized spacial score (nSPS) is 10.6. The van der Waals surface area contributed by atoms with Gasteiger partial charge in [-0.2, -0.15) is 5.26 Å². The van der Waals surface area contributed by atoms with Gasteiger partial charge in [-0.15, -0.1) is 0 Å².